The lowest BCUT2D eigenvalue weighted by molar-refractivity contribution is 0.277. The fourth-order valence-corrected chi connectivity index (χ4v) is 2.58. The highest BCUT2D eigenvalue weighted by molar-refractivity contribution is 7.89. The van der Waals surface area contributed by atoms with Crippen LogP contribution in [0.5, 0.6) is 0 Å². The van der Waals surface area contributed by atoms with Gasteiger partial charge in [0.1, 0.15) is 0 Å². The summed E-state index contributed by atoms with van der Waals surface area (Å²) in [4.78, 5) is 0. The second kappa shape index (κ2) is 4.88. The van der Waals surface area contributed by atoms with E-state index >= 15 is 0 Å². The molecule has 0 aliphatic heterocycles. The van der Waals surface area contributed by atoms with Crippen LogP contribution in [0.25, 0.3) is 0 Å². The fourth-order valence-electron chi connectivity index (χ4n) is 1.41. The lowest BCUT2D eigenvalue weighted by atomic mass is 10.3. The Hall–Kier alpha value is -1.71. The minimum absolute atomic E-state index is 0.0287. The van der Waals surface area contributed by atoms with Gasteiger partial charge in [-0.15, -0.1) is 0 Å². The molecule has 0 fully saturated rings. The van der Waals surface area contributed by atoms with Crippen molar-refractivity contribution >= 4 is 10.0 Å². The Kier molecular flexibility index (Phi) is 3.45. The SMILES string of the molecule is Cc1[nH]nc(S(=O)(=O)NCc2ccno2)c1CO. The maximum atomic E-state index is 12.0. The van der Waals surface area contributed by atoms with Gasteiger partial charge in [-0.1, -0.05) is 5.16 Å². The number of aryl methyl sites for hydroxylation is 1. The van der Waals surface area contributed by atoms with Crippen LogP contribution in [0.2, 0.25) is 0 Å². The maximum absolute atomic E-state index is 12.0. The van der Waals surface area contributed by atoms with Crippen molar-refractivity contribution in [2.75, 3.05) is 0 Å². The van der Waals surface area contributed by atoms with Crippen LogP contribution in [-0.2, 0) is 23.2 Å². The molecule has 2 heterocycles. The molecule has 8 nitrogen and oxygen atoms in total. The first-order valence-electron chi connectivity index (χ1n) is 5.08. The summed E-state index contributed by atoms with van der Waals surface area (Å²) in [5.41, 5.74) is 0.762. The summed E-state index contributed by atoms with van der Waals surface area (Å²) in [6.45, 7) is 1.20. The van der Waals surface area contributed by atoms with E-state index < -0.39 is 16.6 Å². The molecule has 0 atom stereocenters. The van der Waals surface area contributed by atoms with Gasteiger partial charge in [-0.3, -0.25) is 5.10 Å². The molecule has 2 aromatic heterocycles. The number of rotatable bonds is 5. The second-order valence-electron chi connectivity index (χ2n) is 3.59. The van der Waals surface area contributed by atoms with E-state index in [1.54, 1.807) is 13.0 Å². The molecule has 0 saturated heterocycles. The molecular weight excluding hydrogens is 260 g/mol. The molecule has 0 amide bonds. The summed E-state index contributed by atoms with van der Waals surface area (Å²) in [7, 11) is -3.80. The van der Waals surface area contributed by atoms with Crippen molar-refractivity contribution in [3.05, 3.63) is 29.3 Å². The van der Waals surface area contributed by atoms with E-state index in [0.717, 1.165) is 0 Å². The zero-order chi connectivity index (χ0) is 13.2. The van der Waals surface area contributed by atoms with Crippen molar-refractivity contribution in [3.8, 4) is 0 Å². The highest BCUT2D eigenvalue weighted by atomic mass is 32.2. The van der Waals surface area contributed by atoms with E-state index in [2.05, 4.69) is 20.1 Å². The third-order valence-electron chi connectivity index (χ3n) is 2.38. The van der Waals surface area contributed by atoms with E-state index in [1.807, 2.05) is 0 Å². The number of aromatic nitrogens is 3. The van der Waals surface area contributed by atoms with Gasteiger partial charge in [0.25, 0.3) is 10.0 Å². The zero-order valence-corrected chi connectivity index (χ0v) is 10.4. The van der Waals surface area contributed by atoms with E-state index in [0.29, 0.717) is 11.5 Å². The minimum atomic E-state index is -3.80. The van der Waals surface area contributed by atoms with Crippen molar-refractivity contribution in [1.29, 1.82) is 0 Å². The monoisotopic (exact) mass is 272 g/mol. The van der Waals surface area contributed by atoms with E-state index in [1.165, 1.54) is 6.20 Å². The van der Waals surface area contributed by atoms with Gasteiger partial charge < -0.3 is 9.63 Å². The summed E-state index contributed by atoms with van der Waals surface area (Å²) in [5, 5.41) is 18.6. The standard InChI is InChI=1S/C9H12N4O4S/c1-6-8(5-14)9(13-12-6)18(15,16)11-4-7-2-3-10-17-7/h2-3,11,14H,4-5H2,1H3,(H,12,13). The van der Waals surface area contributed by atoms with Gasteiger partial charge in [0, 0.05) is 17.3 Å². The molecule has 0 aromatic carbocycles. The predicted molar refractivity (Wildman–Crippen MR) is 59.8 cm³/mol. The third kappa shape index (κ3) is 2.42. The number of sulfonamides is 1. The van der Waals surface area contributed by atoms with Crippen LogP contribution in [0.4, 0.5) is 0 Å². The summed E-state index contributed by atoms with van der Waals surface area (Å²) < 4.78 is 31.0. The summed E-state index contributed by atoms with van der Waals surface area (Å²) in [5.74, 6) is 0.386. The van der Waals surface area contributed by atoms with Gasteiger partial charge in [0.05, 0.1) is 19.3 Å². The Balaban J connectivity index is 2.20. The molecule has 2 rings (SSSR count). The average Bonchev–Trinajstić information content (AvgIpc) is 2.95. The Morgan fingerprint density at radius 1 is 1.56 bits per heavy atom. The number of H-pyrrole nitrogens is 1. The molecule has 3 N–H and O–H groups in total. The van der Waals surface area contributed by atoms with Crippen LogP contribution in [0.1, 0.15) is 17.0 Å². The first-order valence-corrected chi connectivity index (χ1v) is 6.57. The van der Waals surface area contributed by atoms with Gasteiger partial charge in [-0.05, 0) is 6.92 Å². The maximum Gasteiger partial charge on any atom is 0.260 e. The Bertz CT molecular complexity index is 617. The minimum Gasteiger partial charge on any atom is -0.392 e. The van der Waals surface area contributed by atoms with E-state index in [-0.39, 0.29) is 17.1 Å². The van der Waals surface area contributed by atoms with Gasteiger partial charge in [-0.2, -0.15) is 5.10 Å². The van der Waals surface area contributed by atoms with Crippen LogP contribution < -0.4 is 4.72 Å². The van der Waals surface area contributed by atoms with Crippen molar-refractivity contribution in [2.24, 2.45) is 0 Å². The Morgan fingerprint density at radius 3 is 2.94 bits per heavy atom. The largest absolute Gasteiger partial charge is 0.392 e. The number of nitrogens with zero attached hydrogens (tertiary/aromatic N) is 2. The molecule has 0 radical (unpaired) electrons. The summed E-state index contributed by atoms with van der Waals surface area (Å²) >= 11 is 0. The van der Waals surface area contributed by atoms with Crippen LogP contribution in [0.15, 0.2) is 21.8 Å². The van der Waals surface area contributed by atoms with Gasteiger partial charge in [0.15, 0.2) is 10.8 Å². The molecule has 0 saturated carbocycles. The molecule has 18 heavy (non-hydrogen) atoms. The highest BCUT2D eigenvalue weighted by Crippen LogP contribution is 2.16. The molecule has 0 bridgehead atoms. The predicted octanol–water partition coefficient (Wildman–Crippen LogP) is -0.323. The molecule has 0 aliphatic rings. The first-order chi connectivity index (χ1) is 8.54. The molecule has 98 valence electrons. The number of nitrogens with one attached hydrogen (secondary N) is 2. The molecule has 0 spiro atoms. The van der Waals surface area contributed by atoms with Crippen molar-refractivity contribution in [1.82, 2.24) is 20.1 Å². The highest BCUT2D eigenvalue weighted by Gasteiger charge is 2.23. The molecule has 0 unspecified atom stereocenters. The van der Waals surface area contributed by atoms with Crippen LogP contribution in [-0.4, -0.2) is 28.9 Å². The Labute approximate surface area is 103 Å². The smallest absolute Gasteiger partial charge is 0.260 e. The Morgan fingerprint density at radius 2 is 2.33 bits per heavy atom. The molecular formula is C9H12N4O4S. The third-order valence-corrected chi connectivity index (χ3v) is 3.75. The topological polar surface area (TPSA) is 121 Å². The molecule has 9 heteroatoms. The van der Waals surface area contributed by atoms with Gasteiger partial charge in [-0.25, -0.2) is 13.1 Å². The van der Waals surface area contributed by atoms with Gasteiger partial charge in [0.2, 0.25) is 0 Å². The zero-order valence-electron chi connectivity index (χ0n) is 9.54. The van der Waals surface area contributed by atoms with Crippen molar-refractivity contribution in [3.63, 3.8) is 0 Å². The molecule has 0 aliphatic carbocycles. The van der Waals surface area contributed by atoms with Crippen molar-refractivity contribution < 1.29 is 18.0 Å². The first kappa shape index (κ1) is 12.7. The number of aliphatic hydroxyl groups excluding tert-OH is 1. The molecule has 2 aromatic rings. The second-order valence-corrected chi connectivity index (χ2v) is 5.28. The normalized spacial score (nSPS) is 11.9. The lowest BCUT2D eigenvalue weighted by Crippen LogP contribution is -2.24. The van der Waals surface area contributed by atoms with Crippen LogP contribution >= 0.6 is 0 Å². The fraction of sp³-hybridized carbons (Fsp3) is 0.333. The summed E-state index contributed by atoms with van der Waals surface area (Å²) in [6.07, 6.45) is 1.42. The average molecular weight is 272 g/mol. The van der Waals surface area contributed by atoms with Crippen molar-refractivity contribution in [2.45, 2.75) is 25.1 Å². The number of aromatic amines is 1. The quantitative estimate of drug-likeness (QED) is 0.685. The van der Waals surface area contributed by atoms with Gasteiger partial charge >= 0.3 is 0 Å². The van der Waals surface area contributed by atoms with E-state index in [9.17, 15) is 8.42 Å². The number of hydrogen-bond acceptors (Lipinski definition) is 6. The lowest BCUT2D eigenvalue weighted by Gasteiger charge is -2.03. The summed E-state index contributed by atoms with van der Waals surface area (Å²) in [6, 6.07) is 1.55. The number of hydrogen-bond donors (Lipinski definition) is 3. The van der Waals surface area contributed by atoms with Crippen LogP contribution in [0.3, 0.4) is 0 Å². The van der Waals surface area contributed by atoms with Crippen LogP contribution in [0, 0.1) is 6.92 Å². The number of aliphatic hydroxyl groups is 1. The van der Waals surface area contributed by atoms with E-state index in [4.69, 9.17) is 9.63 Å².